The molecule has 173 valence electrons. The zero-order chi connectivity index (χ0) is 24.1. The van der Waals surface area contributed by atoms with Crippen LogP contribution in [-0.4, -0.2) is 52.9 Å². The minimum atomic E-state index is -0.515. The summed E-state index contributed by atoms with van der Waals surface area (Å²) in [5.41, 5.74) is 2.07. The maximum absolute atomic E-state index is 13.1. The molecule has 4 aromatic rings. The van der Waals surface area contributed by atoms with Crippen molar-refractivity contribution in [3.8, 4) is 0 Å². The van der Waals surface area contributed by atoms with Crippen LogP contribution in [0.25, 0.3) is 10.8 Å². The van der Waals surface area contributed by atoms with E-state index in [4.69, 9.17) is 4.52 Å². The van der Waals surface area contributed by atoms with Crippen LogP contribution in [0, 0.1) is 6.42 Å². The number of fused-ring (bicyclic) bond motifs is 1. The minimum absolute atomic E-state index is 0.0287. The summed E-state index contributed by atoms with van der Waals surface area (Å²) in [6, 6.07) is 23.6. The molecule has 0 bridgehead atoms. The van der Waals surface area contributed by atoms with Gasteiger partial charge in [-0.15, -0.1) is 0 Å². The lowest BCUT2D eigenvalue weighted by Gasteiger charge is -2.25. The number of aromatic nitrogens is 2. The van der Waals surface area contributed by atoms with Gasteiger partial charge in [-0.1, -0.05) is 78.0 Å². The van der Waals surface area contributed by atoms with Crippen LogP contribution in [0.2, 0.25) is 0 Å². The normalized spacial score (nSPS) is 11.9. The van der Waals surface area contributed by atoms with E-state index in [2.05, 4.69) is 34.4 Å². The van der Waals surface area contributed by atoms with Gasteiger partial charge in [0.25, 0.3) is 11.7 Å². The molecule has 7 nitrogen and oxygen atoms in total. The van der Waals surface area contributed by atoms with Crippen LogP contribution >= 0.6 is 0 Å². The third-order valence-corrected chi connectivity index (χ3v) is 5.74. The highest BCUT2D eigenvalue weighted by Gasteiger charge is 2.29. The molecule has 1 heterocycles. The summed E-state index contributed by atoms with van der Waals surface area (Å²) in [7, 11) is 4.96. The highest BCUT2D eigenvalue weighted by Crippen LogP contribution is 2.24. The molecule has 0 fully saturated rings. The summed E-state index contributed by atoms with van der Waals surface area (Å²) in [6.45, 7) is 0. The van der Waals surface area contributed by atoms with E-state index < -0.39 is 6.04 Å². The van der Waals surface area contributed by atoms with Gasteiger partial charge in [-0.3, -0.25) is 9.59 Å². The van der Waals surface area contributed by atoms with Crippen molar-refractivity contribution in [1.82, 2.24) is 19.9 Å². The number of likely N-dealkylation sites (N-methyl/N-ethyl adjacent to an activating group) is 1. The van der Waals surface area contributed by atoms with Gasteiger partial charge in [0.2, 0.25) is 11.8 Å². The van der Waals surface area contributed by atoms with Crippen molar-refractivity contribution in [2.75, 3.05) is 21.1 Å². The van der Waals surface area contributed by atoms with Crippen molar-refractivity contribution in [1.29, 1.82) is 0 Å². The van der Waals surface area contributed by atoms with Crippen LogP contribution in [0.15, 0.2) is 77.3 Å². The number of carbonyl (C=O) groups excluding carboxylic acids is 2. The molecule has 2 amide bonds. The second-order valence-corrected chi connectivity index (χ2v) is 8.40. The number of benzene rings is 3. The number of carbonyl (C=O) groups is 2. The van der Waals surface area contributed by atoms with Gasteiger partial charge in [-0.05, 0) is 28.3 Å². The number of rotatable bonds is 8. The molecule has 0 spiro atoms. The first kappa shape index (κ1) is 23.2. The molecule has 7 heteroatoms. The number of hydrogen-bond donors (Lipinski definition) is 0. The molecular weight excluding hydrogens is 428 g/mol. The van der Waals surface area contributed by atoms with Crippen LogP contribution in [0.4, 0.5) is 0 Å². The van der Waals surface area contributed by atoms with Crippen molar-refractivity contribution in [2.24, 2.45) is 0 Å². The Kier molecular flexibility index (Phi) is 7.01. The molecule has 34 heavy (non-hydrogen) atoms. The Morgan fingerprint density at radius 1 is 0.912 bits per heavy atom. The predicted molar refractivity (Wildman–Crippen MR) is 130 cm³/mol. The summed E-state index contributed by atoms with van der Waals surface area (Å²) in [5.74, 6) is -0.318. The fourth-order valence-electron chi connectivity index (χ4n) is 3.75. The van der Waals surface area contributed by atoms with E-state index in [1.807, 2.05) is 48.5 Å². The SMILES string of the molecule is CN(C)C(=O)c1noc(C(Cc2ccccc2)N(C)C(=O)[CH]Cc2ccc3ccccc3c2)n1. The number of nitrogens with zero attached hydrogens (tertiary/aromatic N) is 4. The molecule has 1 unspecified atom stereocenters. The molecule has 3 aromatic carbocycles. The molecule has 0 saturated carbocycles. The number of amides is 2. The zero-order valence-corrected chi connectivity index (χ0v) is 19.5. The van der Waals surface area contributed by atoms with Gasteiger partial charge in [0.05, 0.1) is 6.42 Å². The van der Waals surface area contributed by atoms with Gasteiger partial charge in [0.15, 0.2) is 0 Å². The van der Waals surface area contributed by atoms with Crippen molar-refractivity contribution in [3.63, 3.8) is 0 Å². The zero-order valence-electron chi connectivity index (χ0n) is 19.5. The number of hydrogen-bond acceptors (Lipinski definition) is 5. The first-order chi connectivity index (χ1) is 16.4. The van der Waals surface area contributed by atoms with Gasteiger partial charge in [0.1, 0.15) is 6.04 Å². The van der Waals surface area contributed by atoms with Crippen LogP contribution in [0.3, 0.4) is 0 Å². The van der Waals surface area contributed by atoms with E-state index in [-0.39, 0.29) is 23.5 Å². The molecule has 0 aliphatic rings. The van der Waals surface area contributed by atoms with Crippen LogP contribution in [0.1, 0.15) is 33.7 Å². The van der Waals surface area contributed by atoms with Gasteiger partial charge >= 0.3 is 0 Å². The highest BCUT2D eigenvalue weighted by molar-refractivity contribution is 5.90. The van der Waals surface area contributed by atoms with Gasteiger partial charge < -0.3 is 14.3 Å². The van der Waals surface area contributed by atoms with E-state index >= 15 is 0 Å². The lowest BCUT2D eigenvalue weighted by atomic mass is 10.0. The van der Waals surface area contributed by atoms with Crippen molar-refractivity contribution < 1.29 is 14.1 Å². The van der Waals surface area contributed by atoms with E-state index in [1.54, 1.807) is 32.5 Å². The smallest absolute Gasteiger partial charge is 0.294 e. The second kappa shape index (κ2) is 10.3. The minimum Gasteiger partial charge on any atom is -0.342 e. The first-order valence-electron chi connectivity index (χ1n) is 11.1. The third-order valence-electron chi connectivity index (χ3n) is 5.74. The quantitative estimate of drug-likeness (QED) is 0.399. The average Bonchev–Trinajstić information content (AvgIpc) is 3.35. The second-order valence-electron chi connectivity index (χ2n) is 8.40. The fourth-order valence-corrected chi connectivity index (χ4v) is 3.75. The van der Waals surface area contributed by atoms with Crippen molar-refractivity contribution in [2.45, 2.75) is 18.9 Å². The van der Waals surface area contributed by atoms with Crippen molar-refractivity contribution in [3.05, 3.63) is 102 Å². The fraction of sp³-hybridized carbons (Fsp3) is 0.222. The third kappa shape index (κ3) is 5.31. The molecule has 0 N–H and O–H groups in total. The predicted octanol–water partition coefficient (Wildman–Crippen LogP) is 4.11. The Labute approximate surface area is 199 Å². The largest absolute Gasteiger partial charge is 0.342 e. The van der Waals surface area contributed by atoms with Gasteiger partial charge in [0, 0.05) is 27.6 Å². The van der Waals surface area contributed by atoms with Gasteiger partial charge in [-0.25, -0.2) is 0 Å². The summed E-state index contributed by atoms with van der Waals surface area (Å²) in [6.07, 6.45) is 2.63. The first-order valence-corrected chi connectivity index (χ1v) is 11.1. The van der Waals surface area contributed by atoms with Gasteiger partial charge in [-0.2, -0.15) is 4.98 Å². The molecule has 0 saturated heterocycles. The summed E-state index contributed by atoms with van der Waals surface area (Å²) < 4.78 is 5.44. The van der Waals surface area contributed by atoms with Crippen LogP contribution in [-0.2, 0) is 17.6 Å². The lowest BCUT2D eigenvalue weighted by molar-refractivity contribution is -0.129. The Morgan fingerprint density at radius 2 is 1.62 bits per heavy atom. The summed E-state index contributed by atoms with van der Waals surface area (Å²) in [5, 5.41) is 6.14. The lowest BCUT2D eigenvalue weighted by Crippen LogP contribution is -2.33. The Balaban J connectivity index is 1.52. The maximum atomic E-state index is 13.1. The Morgan fingerprint density at radius 3 is 2.35 bits per heavy atom. The highest BCUT2D eigenvalue weighted by atomic mass is 16.5. The monoisotopic (exact) mass is 455 g/mol. The summed E-state index contributed by atoms with van der Waals surface area (Å²) in [4.78, 5) is 32.7. The molecule has 1 atom stereocenters. The molecule has 4 rings (SSSR count). The Bertz CT molecular complexity index is 1280. The van der Waals surface area contributed by atoms with E-state index in [0.717, 1.165) is 21.9 Å². The Hall–Kier alpha value is -4.00. The van der Waals surface area contributed by atoms with E-state index in [9.17, 15) is 9.59 Å². The molecule has 1 aromatic heterocycles. The standard InChI is InChI=1S/C27H27N4O3/c1-30(2)27(33)25-28-26(34-29-25)23(18-19-9-5-4-6-10-19)31(3)24(32)16-14-20-13-15-21-11-7-8-12-22(21)17-20/h4-13,15-17,23H,14,18H2,1-3H3. The molecule has 0 aliphatic carbocycles. The summed E-state index contributed by atoms with van der Waals surface area (Å²) >= 11 is 0. The van der Waals surface area contributed by atoms with E-state index in [0.29, 0.717) is 12.8 Å². The van der Waals surface area contributed by atoms with E-state index in [1.165, 1.54) is 4.90 Å². The van der Waals surface area contributed by atoms with Crippen LogP contribution in [0.5, 0.6) is 0 Å². The van der Waals surface area contributed by atoms with Crippen LogP contribution < -0.4 is 0 Å². The van der Waals surface area contributed by atoms with Crippen molar-refractivity contribution >= 4 is 22.6 Å². The molecule has 0 aliphatic heterocycles. The molecule has 1 radical (unpaired) electrons. The average molecular weight is 456 g/mol. The molecular formula is C27H27N4O3. The topological polar surface area (TPSA) is 79.5 Å². The maximum Gasteiger partial charge on any atom is 0.294 e.